The van der Waals surface area contributed by atoms with E-state index in [1.807, 2.05) is 17.5 Å². The van der Waals surface area contributed by atoms with E-state index in [1.165, 1.54) is 11.3 Å². The summed E-state index contributed by atoms with van der Waals surface area (Å²) < 4.78 is 0. The Bertz CT molecular complexity index is 404. The topological polar surface area (TPSA) is 40.9 Å². The predicted molar refractivity (Wildman–Crippen MR) is 64.2 cm³/mol. The summed E-state index contributed by atoms with van der Waals surface area (Å²) in [6.07, 6.45) is 3.21. The molecule has 3 unspecified atom stereocenters. The Morgan fingerprint density at radius 1 is 1.62 bits per heavy atom. The van der Waals surface area contributed by atoms with Crippen molar-refractivity contribution in [2.45, 2.75) is 32.1 Å². The Balaban J connectivity index is 2.17. The van der Waals surface area contributed by atoms with Crippen LogP contribution in [0, 0.1) is 23.2 Å². The zero-order valence-corrected chi connectivity index (χ0v) is 10.2. The van der Waals surface area contributed by atoms with Crippen LogP contribution < -0.4 is 0 Å². The summed E-state index contributed by atoms with van der Waals surface area (Å²) in [6.45, 7) is 2.12. The normalized spacial score (nSPS) is 26.2. The van der Waals surface area contributed by atoms with Crippen LogP contribution in [-0.2, 0) is 4.79 Å². The maximum atomic E-state index is 12.3. The van der Waals surface area contributed by atoms with Gasteiger partial charge in [-0.2, -0.15) is 5.26 Å². The highest BCUT2D eigenvalue weighted by molar-refractivity contribution is 7.10. The van der Waals surface area contributed by atoms with Crippen molar-refractivity contribution in [2.75, 3.05) is 0 Å². The van der Waals surface area contributed by atoms with Crippen LogP contribution in [0.25, 0.3) is 0 Å². The highest BCUT2D eigenvalue weighted by Gasteiger charge is 2.35. The number of hydrogen-bond acceptors (Lipinski definition) is 3. The molecule has 16 heavy (non-hydrogen) atoms. The van der Waals surface area contributed by atoms with Crippen molar-refractivity contribution in [3.8, 4) is 6.07 Å². The number of nitrogens with zero attached hydrogens (tertiary/aromatic N) is 1. The molecule has 3 heteroatoms. The van der Waals surface area contributed by atoms with Crippen LogP contribution in [0.1, 0.15) is 37.0 Å². The van der Waals surface area contributed by atoms with Crippen molar-refractivity contribution in [1.82, 2.24) is 0 Å². The van der Waals surface area contributed by atoms with Gasteiger partial charge in [-0.3, -0.25) is 4.79 Å². The molecule has 0 saturated heterocycles. The summed E-state index contributed by atoms with van der Waals surface area (Å²) >= 11 is 1.50. The second kappa shape index (κ2) is 4.80. The summed E-state index contributed by atoms with van der Waals surface area (Å²) in [7, 11) is 0. The first-order chi connectivity index (χ1) is 7.74. The van der Waals surface area contributed by atoms with Gasteiger partial charge < -0.3 is 0 Å². The number of rotatable bonds is 3. The third kappa shape index (κ3) is 2.03. The number of carbonyl (C=O) groups excluding carboxylic acids is 1. The van der Waals surface area contributed by atoms with Crippen molar-refractivity contribution in [2.24, 2.45) is 11.8 Å². The molecule has 0 amide bonds. The lowest BCUT2D eigenvalue weighted by atomic mass is 9.86. The van der Waals surface area contributed by atoms with Gasteiger partial charge in [-0.05, 0) is 30.2 Å². The van der Waals surface area contributed by atoms with E-state index in [2.05, 4.69) is 13.0 Å². The van der Waals surface area contributed by atoms with Crippen LogP contribution in [0.5, 0.6) is 0 Å². The minimum absolute atomic E-state index is 0.103. The predicted octanol–water partition coefficient (Wildman–Crippen LogP) is 3.36. The number of carbonyl (C=O) groups is 1. The third-order valence-corrected chi connectivity index (χ3v) is 4.41. The third-order valence-electron chi connectivity index (χ3n) is 3.47. The Morgan fingerprint density at radius 2 is 2.44 bits per heavy atom. The van der Waals surface area contributed by atoms with Crippen molar-refractivity contribution in [3.63, 3.8) is 0 Å². The fourth-order valence-corrected chi connectivity index (χ4v) is 3.28. The first-order valence-electron chi connectivity index (χ1n) is 5.70. The summed E-state index contributed by atoms with van der Waals surface area (Å²) in [4.78, 5) is 13.2. The van der Waals surface area contributed by atoms with E-state index in [-0.39, 0.29) is 11.7 Å². The number of Topliss-reactive ketones (excluding diaryl/α,β-unsaturated/α-hetero) is 1. The van der Waals surface area contributed by atoms with E-state index in [1.54, 1.807) is 0 Å². The van der Waals surface area contributed by atoms with Gasteiger partial charge in [-0.15, -0.1) is 11.3 Å². The SMILES string of the molecule is CC1CCCC1C(=O)C(C#N)c1cccs1. The minimum atomic E-state index is -0.537. The molecule has 0 bridgehead atoms. The monoisotopic (exact) mass is 233 g/mol. The van der Waals surface area contributed by atoms with Gasteiger partial charge in [0.25, 0.3) is 0 Å². The van der Waals surface area contributed by atoms with Crippen LogP contribution in [0.4, 0.5) is 0 Å². The standard InChI is InChI=1S/C13H15NOS/c1-9-4-2-5-10(9)13(15)11(8-14)12-6-3-7-16-12/h3,6-7,9-11H,2,4-5H2,1H3. The largest absolute Gasteiger partial charge is 0.297 e. The van der Waals surface area contributed by atoms with Gasteiger partial charge in [-0.25, -0.2) is 0 Å². The second-order valence-corrected chi connectivity index (χ2v) is 5.47. The Hall–Kier alpha value is -1.14. The molecule has 3 atom stereocenters. The molecule has 1 saturated carbocycles. The highest BCUT2D eigenvalue weighted by Crippen LogP contribution is 2.36. The van der Waals surface area contributed by atoms with E-state index >= 15 is 0 Å². The summed E-state index contributed by atoms with van der Waals surface area (Å²) in [5, 5.41) is 11.1. The maximum Gasteiger partial charge on any atom is 0.158 e. The van der Waals surface area contributed by atoms with Crippen LogP contribution in [-0.4, -0.2) is 5.78 Å². The first-order valence-corrected chi connectivity index (χ1v) is 6.58. The van der Waals surface area contributed by atoms with Crippen molar-refractivity contribution >= 4 is 17.1 Å². The maximum absolute atomic E-state index is 12.3. The molecule has 0 radical (unpaired) electrons. The molecular weight excluding hydrogens is 218 g/mol. The molecule has 84 valence electrons. The fourth-order valence-electron chi connectivity index (χ4n) is 2.51. The molecule has 0 aromatic carbocycles. The Kier molecular flexibility index (Phi) is 3.40. The van der Waals surface area contributed by atoms with Crippen molar-refractivity contribution < 1.29 is 4.79 Å². The van der Waals surface area contributed by atoms with Gasteiger partial charge in [0.15, 0.2) is 5.78 Å². The van der Waals surface area contributed by atoms with E-state index in [9.17, 15) is 4.79 Å². The number of ketones is 1. The zero-order chi connectivity index (χ0) is 11.5. The average molecular weight is 233 g/mol. The molecule has 1 heterocycles. The van der Waals surface area contributed by atoms with Gasteiger partial charge in [0.2, 0.25) is 0 Å². The van der Waals surface area contributed by atoms with Gasteiger partial charge in [0, 0.05) is 10.8 Å². The highest BCUT2D eigenvalue weighted by atomic mass is 32.1. The molecule has 1 aliphatic carbocycles. The van der Waals surface area contributed by atoms with Crippen LogP contribution in [0.3, 0.4) is 0 Å². The quantitative estimate of drug-likeness (QED) is 0.803. The molecule has 1 aromatic rings. The second-order valence-electron chi connectivity index (χ2n) is 4.49. The summed E-state index contributed by atoms with van der Waals surface area (Å²) in [6, 6.07) is 5.95. The average Bonchev–Trinajstić information content (AvgIpc) is 2.90. The minimum Gasteiger partial charge on any atom is -0.297 e. The van der Waals surface area contributed by atoms with E-state index in [4.69, 9.17) is 5.26 Å². The molecule has 1 aliphatic rings. The Labute approximate surface area is 99.9 Å². The molecule has 0 N–H and O–H groups in total. The van der Waals surface area contributed by atoms with Crippen molar-refractivity contribution in [1.29, 1.82) is 5.26 Å². The first kappa shape index (κ1) is 11.3. The smallest absolute Gasteiger partial charge is 0.158 e. The van der Waals surface area contributed by atoms with Gasteiger partial charge >= 0.3 is 0 Å². The Morgan fingerprint density at radius 3 is 2.94 bits per heavy atom. The van der Waals surface area contributed by atoms with Gasteiger partial charge in [-0.1, -0.05) is 19.4 Å². The molecule has 2 nitrogen and oxygen atoms in total. The van der Waals surface area contributed by atoms with E-state index < -0.39 is 5.92 Å². The lowest BCUT2D eigenvalue weighted by molar-refractivity contribution is -0.123. The molecule has 2 rings (SSSR count). The van der Waals surface area contributed by atoms with Crippen LogP contribution in [0.2, 0.25) is 0 Å². The van der Waals surface area contributed by atoms with Crippen LogP contribution >= 0.6 is 11.3 Å². The fraction of sp³-hybridized carbons (Fsp3) is 0.538. The number of hydrogen-bond donors (Lipinski definition) is 0. The van der Waals surface area contributed by atoms with Crippen LogP contribution in [0.15, 0.2) is 17.5 Å². The lowest BCUT2D eigenvalue weighted by Crippen LogP contribution is -2.22. The number of thiophene rings is 1. The summed E-state index contributed by atoms with van der Waals surface area (Å²) in [5.74, 6) is 0.149. The van der Waals surface area contributed by atoms with Gasteiger partial charge in [0.1, 0.15) is 5.92 Å². The lowest BCUT2D eigenvalue weighted by Gasteiger charge is -2.16. The number of nitriles is 1. The summed E-state index contributed by atoms with van der Waals surface area (Å²) in [5.41, 5.74) is 0. The molecule has 0 aliphatic heterocycles. The van der Waals surface area contributed by atoms with E-state index in [0.717, 1.165) is 24.1 Å². The molecule has 1 fully saturated rings. The zero-order valence-electron chi connectivity index (χ0n) is 9.35. The molecule has 0 spiro atoms. The molecular formula is C13H15NOS. The van der Waals surface area contributed by atoms with Gasteiger partial charge in [0.05, 0.1) is 6.07 Å². The van der Waals surface area contributed by atoms with Crippen molar-refractivity contribution in [3.05, 3.63) is 22.4 Å². The van der Waals surface area contributed by atoms with E-state index in [0.29, 0.717) is 5.92 Å². The molecule has 1 aromatic heterocycles.